The molecular weight excluding hydrogens is 264 g/mol. The number of esters is 1. The lowest BCUT2D eigenvalue weighted by molar-refractivity contribution is -0.299. The highest BCUT2D eigenvalue weighted by molar-refractivity contribution is 5.76. The van der Waals surface area contributed by atoms with Crippen LogP contribution in [-0.2, 0) is 19.0 Å². The number of rotatable bonds is 6. The summed E-state index contributed by atoms with van der Waals surface area (Å²) in [5.74, 6) is -0.816. The van der Waals surface area contributed by atoms with E-state index in [-0.39, 0.29) is 6.61 Å². The van der Waals surface area contributed by atoms with E-state index in [1.165, 1.54) is 19.3 Å². The summed E-state index contributed by atoms with van der Waals surface area (Å²) in [6.07, 6.45) is 2.04. The predicted octanol–water partition coefficient (Wildman–Crippen LogP) is 0.736. The van der Waals surface area contributed by atoms with Gasteiger partial charge >= 0.3 is 5.97 Å². The van der Waals surface area contributed by atoms with E-state index in [9.17, 15) is 15.0 Å². The van der Waals surface area contributed by atoms with E-state index in [4.69, 9.17) is 14.2 Å². The molecule has 0 radical (unpaired) electrons. The van der Waals surface area contributed by atoms with Crippen molar-refractivity contribution in [3.05, 3.63) is 0 Å². The lowest BCUT2D eigenvalue weighted by Gasteiger charge is -2.42. The van der Waals surface area contributed by atoms with Gasteiger partial charge in [0.15, 0.2) is 18.5 Å². The van der Waals surface area contributed by atoms with Gasteiger partial charge in [0.25, 0.3) is 0 Å². The first kappa shape index (κ1) is 15.7. The lowest BCUT2D eigenvalue weighted by Crippen LogP contribution is -2.61. The second-order valence-electron chi connectivity index (χ2n) is 5.48. The molecule has 2 rings (SSSR count). The molecule has 2 fully saturated rings. The van der Waals surface area contributed by atoms with Crippen molar-refractivity contribution in [2.75, 3.05) is 6.61 Å². The highest BCUT2D eigenvalue weighted by atomic mass is 16.7. The number of carbonyl (C=O) groups is 1. The first-order valence-corrected chi connectivity index (χ1v) is 7.47. The summed E-state index contributed by atoms with van der Waals surface area (Å²) in [6, 6.07) is 0. The molecule has 6 nitrogen and oxygen atoms in total. The minimum atomic E-state index is -1.53. The van der Waals surface area contributed by atoms with Crippen molar-refractivity contribution in [3.63, 3.8) is 0 Å². The van der Waals surface area contributed by atoms with Crippen LogP contribution in [0.15, 0.2) is 0 Å². The van der Waals surface area contributed by atoms with Crippen molar-refractivity contribution in [3.8, 4) is 0 Å². The molecule has 0 aromatic rings. The van der Waals surface area contributed by atoms with Crippen molar-refractivity contribution in [1.29, 1.82) is 0 Å². The monoisotopic (exact) mass is 288 g/mol. The Morgan fingerprint density at radius 3 is 2.70 bits per heavy atom. The molecule has 2 aliphatic heterocycles. The maximum absolute atomic E-state index is 11.3. The largest absolute Gasteiger partial charge is 0.455 e. The SMILES string of the molecule is CCCCCCCC1OC[C@H]2OC(=O)[C@H](O)[C@@H](O)[C@@H]2O1. The first-order chi connectivity index (χ1) is 9.63. The van der Waals surface area contributed by atoms with E-state index in [1.54, 1.807) is 0 Å². The van der Waals surface area contributed by atoms with Gasteiger partial charge in [-0.05, 0) is 12.8 Å². The van der Waals surface area contributed by atoms with E-state index < -0.39 is 36.7 Å². The Hall–Kier alpha value is -0.690. The third kappa shape index (κ3) is 3.69. The second kappa shape index (κ2) is 7.36. The molecule has 0 bridgehead atoms. The molecule has 2 saturated heterocycles. The zero-order chi connectivity index (χ0) is 14.5. The predicted molar refractivity (Wildman–Crippen MR) is 69.9 cm³/mol. The fourth-order valence-corrected chi connectivity index (χ4v) is 2.60. The van der Waals surface area contributed by atoms with Crippen LogP contribution in [0.5, 0.6) is 0 Å². The smallest absolute Gasteiger partial charge is 0.338 e. The molecule has 2 N–H and O–H groups in total. The number of hydrogen-bond donors (Lipinski definition) is 2. The summed E-state index contributed by atoms with van der Waals surface area (Å²) in [4.78, 5) is 11.3. The number of carbonyl (C=O) groups excluding carboxylic acids is 1. The Kier molecular flexibility index (Phi) is 5.77. The Morgan fingerprint density at radius 2 is 1.95 bits per heavy atom. The summed E-state index contributed by atoms with van der Waals surface area (Å²) < 4.78 is 16.1. The van der Waals surface area contributed by atoms with Gasteiger partial charge in [-0.25, -0.2) is 4.79 Å². The van der Waals surface area contributed by atoms with Crippen LogP contribution in [0.4, 0.5) is 0 Å². The van der Waals surface area contributed by atoms with Gasteiger partial charge in [0.2, 0.25) is 0 Å². The van der Waals surface area contributed by atoms with Crippen LogP contribution in [0, 0.1) is 0 Å². The molecule has 1 unspecified atom stereocenters. The van der Waals surface area contributed by atoms with Crippen LogP contribution in [0.1, 0.15) is 45.4 Å². The summed E-state index contributed by atoms with van der Waals surface area (Å²) in [7, 11) is 0. The molecule has 0 aliphatic carbocycles. The fraction of sp³-hybridized carbons (Fsp3) is 0.929. The van der Waals surface area contributed by atoms with Crippen molar-refractivity contribution >= 4 is 5.97 Å². The fourth-order valence-electron chi connectivity index (χ4n) is 2.60. The molecular formula is C14H24O6. The number of aliphatic hydroxyl groups excluding tert-OH is 2. The average Bonchev–Trinajstić information content (AvgIpc) is 2.45. The van der Waals surface area contributed by atoms with Gasteiger partial charge in [0, 0.05) is 0 Å². The maximum atomic E-state index is 11.3. The van der Waals surface area contributed by atoms with Gasteiger partial charge in [-0.1, -0.05) is 32.6 Å². The van der Waals surface area contributed by atoms with Crippen LogP contribution in [-0.4, -0.2) is 53.5 Å². The third-order valence-electron chi connectivity index (χ3n) is 3.83. The molecule has 0 aromatic heterocycles. The van der Waals surface area contributed by atoms with Gasteiger partial charge in [-0.15, -0.1) is 0 Å². The highest BCUT2D eigenvalue weighted by Crippen LogP contribution is 2.27. The van der Waals surface area contributed by atoms with Crippen LogP contribution in [0.2, 0.25) is 0 Å². The third-order valence-corrected chi connectivity index (χ3v) is 3.83. The van der Waals surface area contributed by atoms with E-state index in [0.717, 1.165) is 19.3 Å². The molecule has 2 heterocycles. The van der Waals surface area contributed by atoms with Crippen LogP contribution >= 0.6 is 0 Å². The minimum Gasteiger partial charge on any atom is -0.455 e. The molecule has 2 aliphatic rings. The molecule has 0 aromatic carbocycles. The Morgan fingerprint density at radius 1 is 1.20 bits per heavy atom. The van der Waals surface area contributed by atoms with E-state index in [2.05, 4.69) is 6.92 Å². The van der Waals surface area contributed by atoms with Crippen LogP contribution < -0.4 is 0 Å². The second-order valence-corrected chi connectivity index (χ2v) is 5.48. The highest BCUT2D eigenvalue weighted by Gasteiger charge is 2.48. The number of hydrogen-bond acceptors (Lipinski definition) is 6. The summed E-state index contributed by atoms with van der Waals surface area (Å²) >= 11 is 0. The number of ether oxygens (including phenoxy) is 3. The van der Waals surface area contributed by atoms with Gasteiger partial charge < -0.3 is 24.4 Å². The molecule has 0 spiro atoms. The van der Waals surface area contributed by atoms with Gasteiger partial charge in [0.05, 0.1) is 6.61 Å². The quantitative estimate of drug-likeness (QED) is 0.554. The van der Waals surface area contributed by atoms with Gasteiger partial charge in [-0.2, -0.15) is 0 Å². The topological polar surface area (TPSA) is 85.2 Å². The average molecular weight is 288 g/mol. The minimum absolute atomic E-state index is 0.208. The van der Waals surface area contributed by atoms with E-state index >= 15 is 0 Å². The lowest BCUT2D eigenvalue weighted by atomic mass is 9.99. The first-order valence-electron chi connectivity index (χ1n) is 7.47. The molecule has 0 saturated carbocycles. The summed E-state index contributed by atoms with van der Waals surface area (Å²) in [5, 5.41) is 19.4. The maximum Gasteiger partial charge on any atom is 0.338 e. The van der Waals surface area contributed by atoms with Crippen molar-refractivity contribution in [2.45, 2.75) is 76.2 Å². The number of fused-ring (bicyclic) bond motifs is 1. The Balaban J connectivity index is 1.76. The zero-order valence-electron chi connectivity index (χ0n) is 11.9. The Labute approximate surface area is 119 Å². The normalized spacial score (nSPS) is 37.4. The summed E-state index contributed by atoms with van der Waals surface area (Å²) in [5.41, 5.74) is 0. The van der Waals surface area contributed by atoms with Crippen molar-refractivity contribution in [1.82, 2.24) is 0 Å². The zero-order valence-corrected chi connectivity index (χ0v) is 11.9. The van der Waals surface area contributed by atoms with Crippen molar-refractivity contribution < 1.29 is 29.2 Å². The number of aliphatic hydroxyl groups is 2. The molecule has 116 valence electrons. The molecule has 5 atom stereocenters. The summed E-state index contributed by atoms with van der Waals surface area (Å²) in [6.45, 7) is 2.38. The van der Waals surface area contributed by atoms with E-state index in [1.807, 2.05) is 0 Å². The standard InChI is InChI=1S/C14H24O6/c1-2-3-4-5-6-7-10-18-8-9-13(20-10)11(15)12(16)14(17)19-9/h9-13,15-16H,2-8H2,1H3/t9-,10?,11-,12-,13-/m1/s1. The van der Waals surface area contributed by atoms with Gasteiger partial charge in [-0.3, -0.25) is 0 Å². The Bertz CT molecular complexity index is 319. The van der Waals surface area contributed by atoms with Crippen molar-refractivity contribution in [2.24, 2.45) is 0 Å². The molecule has 0 amide bonds. The van der Waals surface area contributed by atoms with E-state index in [0.29, 0.717) is 0 Å². The van der Waals surface area contributed by atoms with Crippen LogP contribution in [0.25, 0.3) is 0 Å². The van der Waals surface area contributed by atoms with Crippen LogP contribution in [0.3, 0.4) is 0 Å². The molecule has 20 heavy (non-hydrogen) atoms. The molecule has 6 heteroatoms. The number of unbranched alkanes of at least 4 members (excludes halogenated alkanes) is 4. The van der Waals surface area contributed by atoms with Gasteiger partial charge in [0.1, 0.15) is 12.2 Å².